The van der Waals surface area contributed by atoms with E-state index in [1.807, 2.05) is 12.1 Å². The Morgan fingerprint density at radius 2 is 1.69 bits per heavy atom. The van der Waals surface area contributed by atoms with Crippen molar-refractivity contribution in [1.82, 2.24) is 14.4 Å². The molecule has 0 aliphatic carbocycles. The van der Waals surface area contributed by atoms with Crippen LogP contribution < -0.4 is 0 Å². The SMILES string of the molecule is Cc1noc(C)c1S(=O)(=O)N1CCN(C[C@@H](OCc2c(F)cccc2F)c2ccc(Cl)cc2)CC1. The minimum absolute atomic E-state index is 0.111. The summed E-state index contributed by atoms with van der Waals surface area (Å²) in [7, 11) is -3.72. The van der Waals surface area contributed by atoms with Gasteiger partial charge in [0.25, 0.3) is 0 Å². The first-order chi connectivity index (χ1) is 16.7. The molecule has 1 aliphatic rings. The Hall–Kier alpha value is -2.37. The number of nitrogens with zero attached hydrogens (tertiary/aromatic N) is 3. The molecule has 1 atom stereocenters. The van der Waals surface area contributed by atoms with E-state index in [9.17, 15) is 17.2 Å². The van der Waals surface area contributed by atoms with Crippen LogP contribution >= 0.6 is 11.6 Å². The largest absolute Gasteiger partial charge is 0.367 e. The molecule has 0 unspecified atom stereocenters. The maximum Gasteiger partial charge on any atom is 0.248 e. The van der Waals surface area contributed by atoms with Crippen molar-refractivity contribution in [3.8, 4) is 0 Å². The van der Waals surface area contributed by atoms with Gasteiger partial charge in [-0.3, -0.25) is 4.90 Å². The molecule has 2 aromatic carbocycles. The highest BCUT2D eigenvalue weighted by atomic mass is 35.5. The highest BCUT2D eigenvalue weighted by Crippen LogP contribution is 2.27. The van der Waals surface area contributed by atoms with Gasteiger partial charge in [0.15, 0.2) is 5.76 Å². The minimum atomic E-state index is -3.72. The highest BCUT2D eigenvalue weighted by molar-refractivity contribution is 7.89. The van der Waals surface area contributed by atoms with E-state index in [0.717, 1.165) is 5.56 Å². The van der Waals surface area contributed by atoms with Gasteiger partial charge in [0.1, 0.15) is 22.2 Å². The van der Waals surface area contributed by atoms with Crippen LogP contribution in [-0.2, 0) is 21.4 Å². The van der Waals surface area contributed by atoms with Crippen LogP contribution in [0.15, 0.2) is 51.9 Å². The van der Waals surface area contributed by atoms with Gasteiger partial charge in [-0.2, -0.15) is 4.31 Å². The Morgan fingerprint density at radius 3 is 2.26 bits per heavy atom. The summed E-state index contributed by atoms with van der Waals surface area (Å²) in [6.45, 7) is 4.84. The second-order valence-corrected chi connectivity index (χ2v) is 10.7. The van der Waals surface area contributed by atoms with Crippen molar-refractivity contribution in [2.75, 3.05) is 32.7 Å². The molecule has 7 nitrogen and oxygen atoms in total. The zero-order chi connectivity index (χ0) is 25.2. The molecule has 1 fully saturated rings. The van der Waals surface area contributed by atoms with Crippen molar-refractivity contribution in [2.45, 2.75) is 31.5 Å². The van der Waals surface area contributed by atoms with E-state index >= 15 is 0 Å². The topological polar surface area (TPSA) is 75.9 Å². The van der Waals surface area contributed by atoms with Crippen molar-refractivity contribution in [2.24, 2.45) is 0 Å². The Kier molecular flexibility index (Phi) is 7.87. The van der Waals surface area contributed by atoms with E-state index in [1.54, 1.807) is 26.0 Å². The molecule has 0 amide bonds. The first kappa shape index (κ1) is 25.7. The lowest BCUT2D eigenvalue weighted by Crippen LogP contribution is -2.49. The van der Waals surface area contributed by atoms with Gasteiger partial charge in [0, 0.05) is 43.3 Å². The summed E-state index contributed by atoms with van der Waals surface area (Å²) in [5.41, 5.74) is 1.00. The molecule has 1 aliphatic heterocycles. The van der Waals surface area contributed by atoms with Gasteiger partial charge < -0.3 is 9.26 Å². The van der Waals surface area contributed by atoms with Crippen LogP contribution in [0.1, 0.15) is 28.7 Å². The van der Waals surface area contributed by atoms with E-state index in [2.05, 4.69) is 10.1 Å². The van der Waals surface area contributed by atoms with Crippen LogP contribution in [0.25, 0.3) is 0 Å². The maximum atomic E-state index is 14.1. The van der Waals surface area contributed by atoms with Gasteiger partial charge in [-0.15, -0.1) is 0 Å². The average molecular weight is 526 g/mol. The zero-order valence-electron chi connectivity index (χ0n) is 19.4. The molecule has 3 aromatic rings. The van der Waals surface area contributed by atoms with Crippen LogP contribution in [0.5, 0.6) is 0 Å². The minimum Gasteiger partial charge on any atom is -0.367 e. The lowest BCUT2D eigenvalue weighted by atomic mass is 10.1. The Labute approximate surface area is 208 Å². The van der Waals surface area contributed by atoms with E-state index in [1.165, 1.54) is 22.5 Å². The zero-order valence-corrected chi connectivity index (χ0v) is 21.0. The quantitative estimate of drug-likeness (QED) is 0.431. The van der Waals surface area contributed by atoms with E-state index in [0.29, 0.717) is 30.4 Å². The fourth-order valence-electron chi connectivity index (χ4n) is 4.14. The highest BCUT2D eigenvalue weighted by Gasteiger charge is 2.34. The monoisotopic (exact) mass is 525 g/mol. The molecule has 0 radical (unpaired) electrons. The van der Waals surface area contributed by atoms with Crippen LogP contribution in [0.3, 0.4) is 0 Å². The molecule has 1 aromatic heterocycles. The number of piperazine rings is 1. The number of hydrogen-bond acceptors (Lipinski definition) is 6. The Balaban J connectivity index is 1.45. The van der Waals surface area contributed by atoms with Crippen molar-refractivity contribution >= 4 is 21.6 Å². The number of hydrogen-bond donors (Lipinski definition) is 0. The molecule has 2 heterocycles. The van der Waals surface area contributed by atoms with Gasteiger partial charge in [0.05, 0.1) is 12.7 Å². The van der Waals surface area contributed by atoms with Crippen LogP contribution in [-0.4, -0.2) is 55.5 Å². The standard InChI is InChI=1S/C24H26ClF2N3O4S/c1-16-24(17(2)34-28-16)35(31,32)30-12-10-29(11-13-30)14-23(18-6-8-19(25)9-7-18)33-15-20-21(26)4-3-5-22(20)27/h3-9,23H,10-15H2,1-2H3/t23-/m1/s1. The number of halogens is 3. The summed E-state index contributed by atoms with van der Waals surface area (Å²) in [6, 6.07) is 10.8. The van der Waals surface area contributed by atoms with E-state index < -0.39 is 27.8 Å². The lowest BCUT2D eigenvalue weighted by Gasteiger charge is -2.35. The molecule has 1 saturated heterocycles. The number of aryl methyl sites for hydroxylation is 2. The third kappa shape index (κ3) is 5.73. The van der Waals surface area contributed by atoms with Crippen molar-refractivity contribution in [3.63, 3.8) is 0 Å². The third-order valence-electron chi connectivity index (χ3n) is 6.05. The predicted octanol–water partition coefficient (Wildman–Crippen LogP) is 4.49. The Morgan fingerprint density at radius 1 is 1.06 bits per heavy atom. The average Bonchev–Trinajstić information content (AvgIpc) is 3.17. The predicted molar refractivity (Wildman–Crippen MR) is 127 cm³/mol. The fraction of sp³-hybridized carbons (Fsp3) is 0.375. The second kappa shape index (κ2) is 10.7. The number of aromatic nitrogens is 1. The number of benzene rings is 2. The fourth-order valence-corrected chi connectivity index (χ4v) is 5.98. The van der Waals surface area contributed by atoms with Gasteiger partial charge in [-0.25, -0.2) is 17.2 Å². The van der Waals surface area contributed by atoms with Crippen molar-refractivity contribution < 1.29 is 26.5 Å². The maximum absolute atomic E-state index is 14.1. The number of sulfonamides is 1. The van der Waals surface area contributed by atoms with Gasteiger partial charge in [-0.05, 0) is 43.7 Å². The first-order valence-corrected chi connectivity index (χ1v) is 12.9. The molecule has 35 heavy (non-hydrogen) atoms. The van der Waals surface area contributed by atoms with Crippen molar-refractivity contribution in [1.29, 1.82) is 0 Å². The summed E-state index contributed by atoms with van der Waals surface area (Å²) in [5, 5.41) is 4.32. The second-order valence-electron chi connectivity index (χ2n) is 8.41. The summed E-state index contributed by atoms with van der Waals surface area (Å²) in [5.74, 6) is -1.07. The molecule has 0 spiro atoms. The van der Waals surface area contributed by atoms with Gasteiger partial charge >= 0.3 is 0 Å². The van der Waals surface area contributed by atoms with Crippen LogP contribution in [0.4, 0.5) is 8.78 Å². The number of rotatable bonds is 8. The van der Waals surface area contributed by atoms with E-state index in [-0.39, 0.29) is 35.9 Å². The number of ether oxygens (including phenoxy) is 1. The lowest BCUT2D eigenvalue weighted by molar-refractivity contribution is 0.00546. The normalized spacial score (nSPS) is 16.5. The molecular weight excluding hydrogens is 500 g/mol. The van der Waals surface area contributed by atoms with Gasteiger partial charge in [-0.1, -0.05) is 35.0 Å². The van der Waals surface area contributed by atoms with Crippen LogP contribution in [0.2, 0.25) is 5.02 Å². The van der Waals surface area contributed by atoms with Gasteiger partial charge in [0.2, 0.25) is 10.0 Å². The molecular formula is C24H26ClF2N3O4S. The van der Waals surface area contributed by atoms with E-state index in [4.69, 9.17) is 20.9 Å². The molecule has 188 valence electrons. The first-order valence-electron chi connectivity index (χ1n) is 11.1. The molecule has 0 bridgehead atoms. The molecule has 11 heteroatoms. The summed E-state index contributed by atoms with van der Waals surface area (Å²) in [4.78, 5) is 2.18. The third-order valence-corrected chi connectivity index (χ3v) is 8.45. The molecule has 4 rings (SSSR count). The smallest absolute Gasteiger partial charge is 0.248 e. The summed E-state index contributed by atoms with van der Waals surface area (Å²) in [6.07, 6.45) is -0.503. The summed E-state index contributed by atoms with van der Waals surface area (Å²) < 4.78 is 66.9. The Bertz CT molecular complexity index is 1240. The van der Waals surface area contributed by atoms with Crippen molar-refractivity contribution in [3.05, 3.63) is 81.7 Å². The molecule has 0 N–H and O–H groups in total. The molecule has 0 saturated carbocycles. The summed E-state index contributed by atoms with van der Waals surface area (Å²) >= 11 is 6.02. The van der Waals surface area contributed by atoms with Crippen LogP contribution in [0, 0.1) is 25.5 Å².